The predicted octanol–water partition coefficient (Wildman–Crippen LogP) is 3.46. The summed E-state index contributed by atoms with van der Waals surface area (Å²) in [5, 5.41) is 0.860. The molecule has 160 valence electrons. The smallest absolute Gasteiger partial charge is 0.236 e. The van der Waals surface area contributed by atoms with Crippen molar-refractivity contribution in [3.63, 3.8) is 0 Å². The minimum atomic E-state index is -0.468. The van der Waals surface area contributed by atoms with Crippen LogP contribution in [0.3, 0.4) is 0 Å². The molecule has 0 radical (unpaired) electrons. The molecule has 0 unspecified atom stereocenters. The van der Waals surface area contributed by atoms with Crippen LogP contribution in [-0.2, 0) is 10.2 Å². The number of ether oxygens (including phenoxy) is 1. The lowest BCUT2D eigenvalue weighted by Gasteiger charge is -2.32. The number of carbonyl (C=O) groups excluding carboxylic acids is 2. The van der Waals surface area contributed by atoms with E-state index in [0.29, 0.717) is 42.3 Å². The number of nitrogens with zero attached hydrogens (tertiary/aromatic N) is 2. The Morgan fingerprint density at radius 2 is 1.90 bits per heavy atom. The number of hydrogen-bond donors (Lipinski definition) is 0. The van der Waals surface area contributed by atoms with Gasteiger partial charge in [0.15, 0.2) is 5.78 Å². The molecule has 1 aliphatic carbocycles. The summed E-state index contributed by atoms with van der Waals surface area (Å²) in [5.41, 5.74) is 2.51. The van der Waals surface area contributed by atoms with E-state index in [-0.39, 0.29) is 11.7 Å². The molecule has 6 heteroatoms. The normalized spacial score (nSPS) is 18.2. The van der Waals surface area contributed by atoms with Gasteiger partial charge in [-0.1, -0.05) is 18.2 Å². The molecule has 0 atom stereocenters. The highest BCUT2D eigenvalue weighted by molar-refractivity contribution is 6.19. The number of para-hydroxylation sites is 1. The van der Waals surface area contributed by atoms with Gasteiger partial charge >= 0.3 is 0 Å². The van der Waals surface area contributed by atoms with Crippen LogP contribution < -0.4 is 4.74 Å². The van der Waals surface area contributed by atoms with Crippen molar-refractivity contribution < 1.29 is 18.7 Å². The van der Waals surface area contributed by atoms with Gasteiger partial charge in [0.2, 0.25) is 5.91 Å². The molecule has 2 aliphatic rings. The van der Waals surface area contributed by atoms with E-state index in [2.05, 4.69) is 13.8 Å². The summed E-state index contributed by atoms with van der Waals surface area (Å²) in [6, 6.07) is 13.3. The van der Waals surface area contributed by atoms with E-state index >= 15 is 0 Å². The van der Waals surface area contributed by atoms with Crippen molar-refractivity contribution in [1.82, 2.24) is 9.80 Å². The van der Waals surface area contributed by atoms with E-state index in [4.69, 9.17) is 9.15 Å². The third-order valence-electron chi connectivity index (χ3n) is 6.44. The number of ketones is 1. The number of likely N-dealkylation sites (N-methyl/N-ethyl adjacent to an activating group) is 1. The SMILES string of the molecule is CN1CCN(CCOc2ccc3c(c2)C(C)(C)c2oc4ccccc4c2C3=O)C(=O)C1. The first-order chi connectivity index (χ1) is 14.9. The largest absolute Gasteiger partial charge is 0.492 e. The zero-order valence-electron chi connectivity index (χ0n) is 18.1. The van der Waals surface area contributed by atoms with Crippen molar-refractivity contribution in [2.45, 2.75) is 19.3 Å². The molecule has 3 aromatic rings. The third-order valence-corrected chi connectivity index (χ3v) is 6.44. The summed E-state index contributed by atoms with van der Waals surface area (Å²) in [5.74, 6) is 1.52. The molecular formula is C25H26N2O4. The second-order valence-electron chi connectivity index (χ2n) is 8.93. The van der Waals surface area contributed by atoms with Gasteiger partial charge in [0.1, 0.15) is 23.7 Å². The van der Waals surface area contributed by atoms with Crippen molar-refractivity contribution in [3.05, 3.63) is 64.9 Å². The van der Waals surface area contributed by atoms with Gasteiger partial charge in [0, 0.05) is 29.5 Å². The van der Waals surface area contributed by atoms with Crippen LogP contribution in [-0.4, -0.2) is 61.3 Å². The highest BCUT2D eigenvalue weighted by Crippen LogP contribution is 2.46. The van der Waals surface area contributed by atoms with E-state index in [1.807, 2.05) is 59.3 Å². The Hall–Kier alpha value is -3.12. The first-order valence-corrected chi connectivity index (χ1v) is 10.7. The molecule has 31 heavy (non-hydrogen) atoms. The number of rotatable bonds is 4. The van der Waals surface area contributed by atoms with Crippen LogP contribution in [0, 0.1) is 0 Å². The predicted molar refractivity (Wildman–Crippen MR) is 118 cm³/mol. The number of furan rings is 1. The topological polar surface area (TPSA) is 63.0 Å². The first kappa shape index (κ1) is 19.8. The van der Waals surface area contributed by atoms with Gasteiger partial charge in [-0.25, -0.2) is 0 Å². The van der Waals surface area contributed by atoms with Crippen LogP contribution in [0.5, 0.6) is 5.75 Å². The maximum Gasteiger partial charge on any atom is 0.236 e. The lowest BCUT2D eigenvalue weighted by atomic mass is 9.72. The van der Waals surface area contributed by atoms with Crippen LogP contribution >= 0.6 is 0 Å². The number of fused-ring (bicyclic) bond motifs is 4. The molecule has 1 fully saturated rings. The van der Waals surface area contributed by atoms with Crippen molar-refractivity contribution >= 4 is 22.7 Å². The van der Waals surface area contributed by atoms with E-state index < -0.39 is 5.41 Å². The molecule has 2 heterocycles. The fourth-order valence-electron chi connectivity index (χ4n) is 4.63. The second kappa shape index (κ2) is 7.24. The number of hydrogen-bond acceptors (Lipinski definition) is 5. The van der Waals surface area contributed by atoms with E-state index in [1.54, 1.807) is 0 Å². The van der Waals surface area contributed by atoms with Gasteiger partial charge < -0.3 is 14.1 Å². The summed E-state index contributed by atoms with van der Waals surface area (Å²) in [7, 11) is 1.95. The monoisotopic (exact) mass is 418 g/mol. The first-order valence-electron chi connectivity index (χ1n) is 10.7. The summed E-state index contributed by atoms with van der Waals surface area (Å²) < 4.78 is 12.1. The number of piperazine rings is 1. The third kappa shape index (κ3) is 3.22. The summed E-state index contributed by atoms with van der Waals surface area (Å²) in [4.78, 5) is 29.3. The Bertz CT molecular complexity index is 1190. The highest BCUT2D eigenvalue weighted by atomic mass is 16.5. The van der Waals surface area contributed by atoms with Crippen LogP contribution in [0.2, 0.25) is 0 Å². The second-order valence-corrected chi connectivity index (χ2v) is 8.93. The molecule has 1 saturated heterocycles. The maximum absolute atomic E-state index is 13.3. The molecule has 0 spiro atoms. The molecular weight excluding hydrogens is 392 g/mol. The van der Waals surface area contributed by atoms with Crippen LogP contribution in [0.4, 0.5) is 0 Å². The quantitative estimate of drug-likeness (QED) is 0.649. The van der Waals surface area contributed by atoms with Crippen molar-refractivity contribution in [1.29, 1.82) is 0 Å². The van der Waals surface area contributed by atoms with Crippen LogP contribution in [0.15, 0.2) is 46.9 Å². The van der Waals surface area contributed by atoms with E-state index in [1.165, 1.54) is 0 Å². The van der Waals surface area contributed by atoms with E-state index in [9.17, 15) is 9.59 Å². The molecule has 1 amide bonds. The number of amides is 1. The van der Waals surface area contributed by atoms with Crippen molar-refractivity contribution in [2.24, 2.45) is 0 Å². The Labute approximate surface area is 181 Å². The highest BCUT2D eigenvalue weighted by Gasteiger charge is 2.41. The molecule has 1 aliphatic heterocycles. The average Bonchev–Trinajstić information content (AvgIpc) is 3.15. The Morgan fingerprint density at radius 1 is 1.10 bits per heavy atom. The zero-order valence-corrected chi connectivity index (χ0v) is 18.1. The summed E-state index contributed by atoms with van der Waals surface area (Å²) in [6.07, 6.45) is 0. The number of carbonyl (C=O) groups is 2. The number of benzene rings is 2. The minimum Gasteiger partial charge on any atom is -0.492 e. The summed E-state index contributed by atoms with van der Waals surface area (Å²) >= 11 is 0. The summed E-state index contributed by atoms with van der Waals surface area (Å²) in [6.45, 7) is 7.17. The lowest BCUT2D eigenvalue weighted by Crippen LogP contribution is -2.49. The molecule has 0 saturated carbocycles. The van der Waals surface area contributed by atoms with Gasteiger partial charge in [0.25, 0.3) is 0 Å². The standard InChI is InChI=1S/C25H26N2O4/c1-25(2)19-14-16(30-13-12-27-11-10-26(3)15-21(27)28)8-9-17(19)23(29)22-18-6-4-5-7-20(18)31-24(22)25/h4-9,14H,10-13,15H2,1-3H3. The molecule has 6 nitrogen and oxygen atoms in total. The molecule has 0 bridgehead atoms. The van der Waals surface area contributed by atoms with Crippen LogP contribution in [0.1, 0.15) is 41.1 Å². The average molecular weight is 418 g/mol. The van der Waals surface area contributed by atoms with Gasteiger partial charge in [-0.3, -0.25) is 14.5 Å². The van der Waals surface area contributed by atoms with Crippen molar-refractivity contribution in [3.8, 4) is 5.75 Å². The van der Waals surface area contributed by atoms with Gasteiger partial charge in [-0.05, 0) is 50.7 Å². The van der Waals surface area contributed by atoms with Gasteiger partial charge in [0.05, 0.1) is 18.7 Å². The fraction of sp³-hybridized carbons (Fsp3) is 0.360. The Morgan fingerprint density at radius 3 is 2.71 bits per heavy atom. The van der Waals surface area contributed by atoms with Crippen LogP contribution in [0.25, 0.3) is 11.0 Å². The maximum atomic E-state index is 13.3. The van der Waals surface area contributed by atoms with Crippen molar-refractivity contribution in [2.75, 3.05) is 39.8 Å². The molecule has 1 aromatic heterocycles. The van der Waals surface area contributed by atoms with Gasteiger partial charge in [-0.15, -0.1) is 0 Å². The van der Waals surface area contributed by atoms with E-state index in [0.717, 1.165) is 29.6 Å². The molecule has 2 aromatic carbocycles. The molecule has 5 rings (SSSR count). The lowest BCUT2D eigenvalue weighted by molar-refractivity contribution is -0.135. The fourth-order valence-corrected chi connectivity index (χ4v) is 4.63. The Balaban J connectivity index is 1.39. The Kier molecular flexibility index (Phi) is 4.63. The zero-order chi connectivity index (χ0) is 21.8. The molecule has 0 N–H and O–H groups in total. The van der Waals surface area contributed by atoms with Gasteiger partial charge in [-0.2, -0.15) is 0 Å². The minimum absolute atomic E-state index is 0.0103.